The number of aromatic nitrogens is 1. The summed E-state index contributed by atoms with van der Waals surface area (Å²) in [5.41, 5.74) is 1.44. The van der Waals surface area contributed by atoms with Crippen molar-refractivity contribution in [2.75, 3.05) is 52.6 Å². The van der Waals surface area contributed by atoms with Crippen LogP contribution < -0.4 is 14.4 Å². The minimum absolute atomic E-state index is 0.131. The zero-order valence-corrected chi connectivity index (χ0v) is 18.9. The van der Waals surface area contributed by atoms with Crippen LogP contribution in [0.1, 0.15) is 10.4 Å². The Balaban J connectivity index is 2.04. The summed E-state index contributed by atoms with van der Waals surface area (Å²) in [6, 6.07) is 11.3. The van der Waals surface area contributed by atoms with Crippen molar-refractivity contribution in [3.8, 4) is 11.5 Å². The van der Waals surface area contributed by atoms with E-state index in [0.29, 0.717) is 28.7 Å². The minimum atomic E-state index is -0.131. The van der Waals surface area contributed by atoms with E-state index in [1.807, 2.05) is 37.4 Å². The summed E-state index contributed by atoms with van der Waals surface area (Å²) in [5, 5.41) is 0.690. The lowest BCUT2D eigenvalue weighted by Crippen LogP contribution is -2.36. The van der Waals surface area contributed by atoms with Crippen LogP contribution in [-0.2, 0) is 0 Å². The molecule has 0 spiro atoms. The van der Waals surface area contributed by atoms with Gasteiger partial charge in [0, 0.05) is 29.6 Å². The van der Waals surface area contributed by atoms with Crippen LogP contribution in [0.15, 0.2) is 41.3 Å². The number of thioether (sulfide) groups is 1. The quantitative estimate of drug-likeness (QED) is 0.497. The van der Waals surface area contributed by atoms with Gasteiger partial charge in [0.05, 0.1) is 24.4 Å². The number of thiazole rings is 1. The number of fused-ring (bicyclic) bond motifs is 1. The normalized spacial score (nSPS) is 11.1. The summed E-state index contributed by atoms with van der Waals surface area (Å²) in [4.78, 5) is 23.2. The molecule has 0 N–H and O–H groups in total. The van der Waals surface area contributed by atoms with Gasteiger partial charge in [-0.05, 0) is 44.6 Å². The van der Waals surface area contributed by atoms with Gasteiger partial charge in [0.25, 0.3) is 5.91 Å². The van der Waals surface area contributed by atoms with Gasteiger partial charge in [-0.3, -0.25) is 9.69 Å². The average molecular weight is 432 g/mol. The van der Waals surface area contributed by atoms with E-state index in [9.17, 15) is 4.79 Å². The van der Waals surface area contributed by atoms with Gasteiger partial charge < -0.3 is 14.4 Å². The van der Waals surface area contributed by atoms with Gasteiger partial charge in [-0.2, -0.15) is 0 Å². The van der Waals surface area contributed by atoms with Crippen LogP contribution in [0.25, 0.3) is 10.2 Å². The number of carbonyl (C=O) groups excluding carboxylic acids is 1. The maximum Gasteiger partial charge on any atom is 0.260 e. The highest BCUT2D eigenvalue weighted by molar-refractivity contribution is 7.98. The first-order valence-corrected chi connectivity index (χ1v) is 11.1. The molecular formula is C21H25N3O3S2. The smallest absolute Gasteiger partial charge is 0.260 e. The lowest BCUT2D eigenvalue weighted by molar-refractivity contribution is 0.0984. The molecule has 0 unspecified atom stereocenters. The Morgan fingerprint density at radius 1 is 1.10 bits per heavy atom. The van der Waals surface area contributed by atoms with Crippen LogP contribution in [0.3, 0.4) is 0 Å². The van der Waals surface area contributed by atoms with Crippen molar-refractivity contribution in [1.29, 1.82) is 0 Å². The Hall–Kier alpha value is -2.29. The van der Waals surface area contributed by atoms with Gasteiger partial charge in [0.2, 0.25) is 0 Å². The summed E-state index contributed by atoms with van der Waals surface area (Å²) >= 11 is 3.18. The number of nitrogens with zero attached hydrogens (tertiary/aromatic N) is 3. The number of ether oxygens (including phenoxy) is 2. The highest BCUT2D eigenvalue weighted by atomic mass is 32.2. The van der Waals surface area contributed by atoms with Gasteiger partial charge in [0.15, 0.2) is 5.13 Å². The molecule has 0 atom stereocenters. The lowest BCUT2D eigenvalue weighted by Gasteiger charge is -2.22. The van der Waals surface area contributed by atoms with Crippen molar-refractivity contribution < 1.29 is 14.3 Å². The molecule has 154 valence electrons. The van der Waals surface area contributed by atoms with Crippen LogP contribution in [0, 0.1) is 0 Å². The number of amides is 1. The predicted molar refractivity (Wildman–Crippen MR) is 121 cm³/mol. The van der Waals surface area contributed by atoms with E-state index < -0.39 is 0 Å². The van der Waals surface area contributed by atoms with Gasteiger partial charge in [-0.15, -0.1) is 11.8 Å². The summed E-state index contributed by atoms with van der Waals surface area (Å²) < 4.78 is 11.7. The average Bonchev–Trinajstić information content (AvgIpc) is 3.16. The van der Waals surface area contributed by atoms with Crippen LogP contribution in [0.5, 0.6) is 11.5 Å². The molecule has 0 aliphatic heterocycles. The van der Waals surface area contributed by atoms with Gasteiger partial charge >= 0.3 is 0 Å². The number of anilines is 1. The fourth-order valence-electron chi connectivity index (χ4n) is 2.86. The predicted octanol–water partition coefficient (Wildman–Crippen LogP) is 4.24. The van der Waals surface area contributed by atoms with Crippen LogP contribution in [-0.4, -0.2) is 63.5 Å². The van der Waals surface area contributed by atoms with Gasteiger partial charge in [0.1, 0.15) is 11.5 Å². The second kappa shape index (κ2) is 9.47. The van der Waals surface area contributed by atoms with Crippen LogP contribution in [0.4, 0.5) is 5.13 Å². The molecule has 29 heavy (non-hydrogen) atoms. The van der Waals surface area contributed by atoms with Crippen molar-refractivity contribution in [3.63, 3.8) is 0 Å². The molecule has 0 fully saturated rings. The van der Waals surface area contributed by atoms with E-state index in [-0.39, 0.29) is 5.91 Å². The second-order valence-electron chi connectivity index (χ2n) is 6.66. The standard InChI is InChI=1S/C21H25N3O3S2/c1-23(2)9-10-24(20(25)14-11-15(26-3)13-16(12-14)27-4)21-22-19-17(28-5)7-6-8-18(19)29-21/h6-8,11-13H,9-10H2,1-5H3. The number of methoxy groups -OCH3 is 2. The minimum Gasteiger partial charge on any atom is -0.497 e. The maximum absolute atomic E-state index is 13.5. The summed E-state index contributed by atoms with van der Waals surface area (Å²) in [6.07, 6.45) is 2.03. The Bertz CT molecular complexity index is 982. The van der Waals surface area contributed by atoms with Crippen LogP contribution in [0.2, 0.25) is 0 Å². The molecule has 3 aromatic rings. The fourth-order valence-corrected chi connectivity index (χ4v) is 4.51. The topological polar surface area (TPSA) is 54.9 Å². The molecule has 8 heteroatoms. The number of rotatable bonds is 8. The van der Waals surface area contributed by atoms with E-state index in [2.05, 4.69) is 6.07 Å². The number of hydrogen-bond donors (Lipinski definition) is 0. The number of benzene rings is 2. The first kappa shape index (κ1) is 21.4. The number of para-hydroxylation sites is 1. The van der Waals surface area contributed by atoms with Gasteiger partial charge in [-0.1, -0.05) is 17.4 Å². The second-order valence-corrected chi connectivity index (χ2v) is 8.52. The Morgan fingerprint density at radius 3 is 2.38 bits per heavy atom. The third-order valence-electron chi connectivity index (χ3n) is 4.44. The number of hydrogen-bond acceptors (Lipinski definition) is 7. The first-order valence-electron chi connectivity index (χ1n) is 9.10. The van der Waals surface area contributed by atoms with E-state index in [0.717, 1.165) is 21.7 Å². The molecule has 0 saturated carbocycles. The molecule has 0 aliphatic carbocycles. The van der Waals surface area contributed by atoms with E-state index >= 15 is 0 Å². The Morgan fingerprint density at radius 2 is 1.79 bits per heavy atom. The van der Waals surface area contributed by atoms with Crippen LogP contribution >= 0.6 is 23.1 Å². The zero-order valence-electron chi connectivity index (χ0n) is 17.3. The van der Waals surface area contributed by atoms with Crippen molar-refractivity contribution in [2.45, 2.75) is 4.90 Å². The highest BCUT2D eigenvalue weighted by Crippen LogP contribution is 2.35. The monoisotopic (exact) mass is 431 g/mol. The van der Waals surface area contributed by atoms with E-state index in [1.165, 1.54) is 11.3 Å². The van der Waals surface area contributed by atoms with Gasteiger partial charge in [-0.25, -0.2) is 4.98 Å². The van der Waals surface area contributed by atoms with Crippen molar-refractivity contribution in [3.05, 3.63) is 42.0 Å². The van der Waals surface area contributed by atoms with Crippen molar-refractivity contribution >= 4 is 44.4 Å². The Kier molecular flexibility index (Phi) is 7.00. The summed E-state index contributed by atoms with van der Waals surface area (Å²) in [5.74, 6) is 1.03. The largest absolute Gasteiger partial charge is 0.497 e. The molecule has 0 bridgehead atoms. The third-order valence-corrected chi connectivity index (χ3v) is 6.25. The van der Waals surface area contributed by atoms with Crippen molar-refractivity contribution in [2.24, 2.45) is 0 Å². The molecule has 0 radical (unpaired) electrons. The lowest BCUT2D eigenvalue weighted by atomic mass is 10.1. The number of likely N-dealkylation sites (N-methyl/N-ethyl adjacent to an activating group) is 1. The molecular weight excluding hydrogens is 406 g/mol. The maximum atomic E-state index is 13.5. The molecule has 0 saturated heterocycles. The molecule has 3 rings (SSSR count). The highest BCUT2D eigenvalue weighted by Gasteiger charge is 2.23. The molecule has 1 heterocycles. The first-order chi connectivity index (χ1) is 14.0. The molecule has 1 aromatic heterocycles. The molecule has 1 amide bonds. The van der Waals surface area contributed by atoms with Crippen molar-refractivity contribution in [1.82, 2.24) is 9.88 Å². The molecule has 6 nitrogen and oxygen atoms in total. The number of carbonyl (C=O) groups is 1. The Labute approximate surface area is 179 Å². The molecule has 0 aliphatic rings. The zero-order chi connectivity index (χ0) is 21.0. The third kappa shape index (κ3) is 4.83. The SMILES string of the molecule is COc1cc(OC)cc(C(=O)N(CCN(C)C)c2nc3c(SC)cccc3s2)c1. The summed E-state index contributed by atoms with van der Waals surface area (Å²) in [7, 11) is 7.12. The fraction of sp³-hybridized carbons (Fsp3) is 0.333. The van der Waals surface area contributed by atoms with E-state index in [1.54, 1.807) is 49.1 Å². The van der Waals surface area contributed by atoms with E-state index in [4.69, 9.17) is 14.5 Å². The summed E-state index contributed by atoms with van der Waals surface area (Å²) in [6.45, 7) is 1.25. The molecule has 2 aromatic carbocycles.